The van der Waals surface area contributed by atoms with Gasteiger partial charge in [-0.1, -0.05) is 0 Å². The maximum absolute atomic E-state index is 10.4. The average molecular weight is 258 g/mol. The Morgan fingerprint density at radius 3 is 2.44 bits per heavy atom. The highest BCUT2D eigenvalue weighted by Crippen LogP contribution is 1.99. The van der Waals surface area contributed by atoms with E-state index in [1.807, 2.05) is 0 Å². The van der Waals surface area contributed by atoms with Crippen molar-refractivity contribution < 1.29 is 19.8 Å². The van der Waals surface area contributed by atoms with Crippen LogP contribution in [0.2, 0.25) is 0 Å². The maximum Gasteiger partial charge on any atom is 0.320 e. The first kappa shape index (κ1) is 16.1. The van der Waals surface area contributed by atoms with Crippen molar-refractivity contribution in [2.45, 2.75) is 12.5 Å². The van der Waals surface area contributed by atoms with Crippen LogP contribution in [0.15, 0.2) is 12.5 Å². The standard InChI is InChI=1S/C7H11N3O2.C3H7NO2/c1-10-4-9-3-5(10)2-6(8)7(11)12;1-4-2-3(5)6/h3-4,6H,2,8H2,1H3,(H,11,12);4H,2H2,1H3,(H,5,6). The summed E-state index contributed by atoms with van der Waals surface area (Å²) in [6, 6.07) is -0.847. The molecule has 0 aliphatic heterocycles. The topological polar surface area (TPSA) is 130 Å². The number of carboxylic acid groups (broad SMARTS) is 2. The van der Waals surface area contributed by atoms with E-state index in [1.54, 1.807) is 31.2 Å². The van der Waals surface area contributed by atoms with Crippen molar-refractivity contribution in [3.63, 3.8) is 0 Å². The van der Waals surface area contributed by atoms with Crippen molar-refractivity contribution in [1.29, 1.82) is 0 Å². The molecule has 0 aliphatic carbocycles. The number of hydrogen-bond donors (Lipinski definition) is 4. The van der Waals surface area contributed by atoms with Crippen LogP contribution in [-0.2, 0) is 23.1 Å². The van der Waals surface area contributed by atoms with Gasteiger partial charge in [0.2, 0.25) is 0 Å². The van der Waals surface area contributed by atoms with E-state index in [0.29, 0.717) is 6.42 Å². The summed E-state index contributed by atoms with van der Waals surface area (Å²) in [5, 5.41) is 18.8. The fourth-order valence-electron chi connectivity index (χ4n) is 1.05. The Balaban J connectivity index is 0.000000411. The number of carbonyl (C=O) groups is 2. The summed E-state index contributed by atoms with van der Waals surface area (Å²) >= 11 is 0. The lowest BCUT2D eigenvalue weighted by atomic mass is 10.2. The zero-order chi connectivity index (χ0) is 14.1. The van der Waals surface area contributed by atoms with Crippen molar-refractivity contribution in [2.24, 2.45) is 12.8 Å². The molecule has 8 heteroatoms. The van der Waals surface area contributed by atoms with E-state index in [1.165, 1.54) is 0 Å². The summed E-state index contributed by atoms with van der Waals surface area (Å²) in [5.41, 5.74) is 6.16. The van der Waals surface area contributed by atoms with Crippen molar-refractivity contribution >= 4 is 11.9 Å². The third-order valence-corrected chi connectivity index (χ3v) is 1.99. The predicted octanol–water partition coefficient (Wildman–Crippen LogP) is -1.34. The molecule has 0 aliphatic rings. The molecule has 0 fully saturated rings. The number of nitrogens with one attached hydrogen (secondary N) is 1. The minimum absolute atomic E-state index is 0.0417. The Morgan fingerprint density at radius 2 is 2.17 bits per heavy atom. The smallest absolute Gasteiger partial charge is 0.320 e. The number of nitrogens with two attached hydrogens (primary N) is 1. The highest BCUT2D eigenvalue weighted by molar-refractivity contribution is 5.73. The van der Waals surface area contributed by atoms with E-state index in [2.05, 4.69) is 10.3 Å². The van der Waals surface area contributed by atoms with E-state index < -0.39 is 18.0 Å². The fraction of sp³-hybridized carbons (Fsp3) is 0.500. The Bertz CT molecular complexity index is 391. The molecular formula is C10H18N4O4. The number of hydrogen-bond acceptors (Lipinski definition) is 5. The zero-order valence-electron chi connectivity index (χ0n) is 10.3. The zero-order valence-corrected chi connectivity index (χ0v) is 10.3. The molecule has 1 rings (SSSR count). The summed E-state index contributed by atoms with van der Waals surface area (Å²) in [6.07, 6.45) is 3.54. The van der Waals surface area contributed by atoms with Crippen LogP contribution < -0.4 is 11.1 Å². The summed E-state index contributed by atoms with van der Waals surface area (Å²) in [6.45, 7) is 0.0417. The van der Waals surface area contributed by atoms with Crippen molar-refractivity contribution in [3.8, 4) is 0 Å². The van der Waals surface area contributed by atoms with Crippen molar-refractivity contribution in [2.75, 3.05) is 13.6 Å². The average Bonchev–Trinajstić information content (AvgIpc) is 2.65. The first-order chi connectivity index (χ1) is 8.38. The van der Waals surface area contributed by atoms with Crippen LogP contribution in [0.3, 0.4) is 0 Å². The molecule has 0 saturated heterocycles. The SMILES string of the molecule is CNCC(=O)O.Cn1cncc1CC(N)C(=O)O. The minimum atomic E-state index is -0.990. The van der Waals surface area contributed by atoms with Crippen LogP contribution in [0, 0.1) is 0 Å². The Morgan fingerprint density at radius 1 is 1.56 bits per heavy atom. The molecular weight excluding hydrogens is 240 g/mol. The maximum atomic E-state index is 10.4. The van der Waals surface area contributed by atoms with Crippen molar-refractivity contribution in [1.82, 2.24) is 14.9 Å². The van der Waals surface area contributed by atoms with E-state index >= 15 is 0 Å². The number of rotatable bonds is 5. The molecule has 18 heavy (non-hydrogen) atoms. The number of likely N-dealkylation sites (N-methyl/N-ethyl adjacent to an activating group) is 1. The van der Waals surface area contributed by atoms with E-state index in [-0.39, 0.29) is 6.54 Å². The van der Waals surface area contributed by atoms with Gasteiger partial charge in [0.15, 0.2) is 0 Å². The molecule has 5 N–H and O–H groups in total. The highest BCUT2D eigenvalue weighted by atomic mass is 16.4. The molecule has 1 aromatic heterocycles. The van der Waals surface area contributed by atoms with Crippen LogP contribution in [0.25, 0.3) is 0 Å². The number of aryl methyl sites for hydroxylation is 1. The van der Waals surface area contributed by atoms with Gasteiger partial charge >= 0.3 is 11.9 Å². The second kappa shape index (κ2) is 8.20. The van der Waals surface area contributed by atoms with Crippen LogP contribution in [-0.4, -0.2) is 51.3 Å². The third-order valence-electron chi connectivity index (χ3n) is 1.99. The summed E-state index contributed by atoms with van der Waals surface area (Å²) < 4.78 is 1.75. The second-order valence-electron chi connectivity index (χ2n) is 3.57. The molecule has 1 atom stereocenters. The predicted molar refractivity (Wildman–Crippen MR) is 64.1 cm³/mol. The number of aliphatic carboxylic acids is 2. The molecule has 0 saturated carbocycles. The molecule has 0 radical (unpaired) electrons. The van der Waals surface area contributed by atoms with Crippen LogP contribution in [0.5, 0.6) is 0 Å². The fourth-order valence-corrected chi connectivity index (χ4v) is 1.05. The molecule has 0 amide bonds. The molecule has 0 spiro atoms. The number of imidazole rings is 1. The number of aromatic nitrogens is 2. The van der Waals surface area contributed by atoms with Crippen molar-refractivity contribution in [3.05, 3.63) is 18.2 Å². The normalized spacial score (nSPS) is 11.3. The Kier molecular flexibility index (Phi) is 7.32. The molecule has 0 bridgehead atoms. The Labute approximate surface area is 104 Å². The summed E-state index contributed by atoms with van der Waals surface area (Å²) in [7, 11) is 3.39. The van der Waals surface area contributed by atoms with Crippen LogP contribution in [0.4, 0.5) is 0 Å². The van der Waals surface area contributed by atoms with Gasteiger partial charge in [0.1, 0.15) is 6.04 Å². The van der Waals surface area contributed by atoms with E-state index in [9.17, 15) is 9.59 Å². The highest BCUT2D eigenvalue weighted by Gasteiger charge is 2.13. The quantitative estimate of drug-likeness (QED) is 0.514. The number of nitrogens with zero attached hydrogens (tertiary/aromatic N) is 2. The lowest BCUT2D eigenvalue weighted by Gasteiger charge is -2.05. The van der Waals surface area contributed by atoms with Crippen LogP contribution >= 0.6 is 0 Å². The lowest BCUT2D eigenvalue weighted by Crippen LogP contribution is -2.32. The number of carboxylic acids is 2. The van der Waals surface area contributed by atoms with Gasteiger partial charge in [-0.3, -0.25) is 9.59 Å². The first-order valence-electron chi connectivity index (χ1n) is 5.18. The van der Waals surface area contributed by atoms with Gasteiger partial charge in [-0.05, 0) is 7.05 Å². The summed E-state index contributed by atoms with van der Waals surface area (Å²) in [4.78, 5) is 23.8. The third kappa shape index (κ3) is 6.61. The monoisotopic (exact) mass is 258 g/mol. The first-order valence-corrected chi connectivity index (χ1v) is 5.18. The van der Waals surface area contributed by atoms with Gasteiger partial charge in [0, 0.05) is 25.4 Å². The van der Waals surface area contributed by atoms with Gasteiger partial charge in [-0.15, -0.1) is 0 Å². The molecule has 1 aromatic rings. The van der Waals surface area contributed by atoms with Crippen LogP contribution in [0.1, 0.15) is 5.69 Å². The summed E-state index contributed by atoms with van der Waals surface area (Å²) in [5.74, 6) is -1.81. The van der Waals surface area contributed by atoms with Gasteiger partial charge < -0.3 is 25.8 Å². The van der Waals surface area contributed by atoms with Gasteiger partial charge in [-0.2, -0.15) is 0 Å². The van der Waals surface area contributed by atoms with Gasteiger partial charge in [0.05, 0.1) is 12.9 Å². The second-order valence-corrected chi connectivity index (χ2v) is 3.57. The van der Waals surface area contributed by atoms with Gasteiger partial charge in [-0.25, -0.2) is 4.98 Å². The largest absolute Gasteiger partial charge is 0.480 e. The molecule has 0 aromatic carbocycles. The molecule has 8 nitrogen and oxygen atoms in total. The lowest BCUT2D eigenvalue weighted by molar-refractivity contribution is -0.138. The molecule has 1 heterocycles. The molecule has 102 valence electrons. The Hall–Kier alpha value is -1.93. The minimum Gasteiger partial charge on any atom is -0.480 e. The van der Waals surface area contributed by atoms with E-state index in [4.69, 9.17) is 15.9 Å². The van der Waals surface area contributed by atoms with E-state index in [0.717, 1.165) is 5.69 Å². The molecule has 1 unspecified atom stereocenters. The van der Waals surface area contributed by atoms with Gasteiger partial charge in [0.25, 0.3) is 0 Å².